The van der Waals surface area contributed by atoms with Crippen molar-refractivity contribution >= 4 is 17.0 Å². The van der Waals surface area contributed by atoms with Crippen molar-refractivity contribution in [3.05, 3.63) is 40.3 Å². The number of hydrogen-bond donors (Lipinski definition) is 1. The Kier molecular flexibility index (Phi) is 4.29. The molecule has 2 fully saturated rings. The molecule has 2 aromatic rings. The first-order valence-corrected chi connectivity index (χ1v) is 9.11. The van der Waals surface area contributed by atoms with Gasteiger partial charge in [-0.05, 0) is 44.7 Å². The van der Waals surface area contributed by atoms with Crippen LogP contribution < -0.4 is 10.9 Å². The molecule has 4 rings (SSSR count). The number of hydrogen-bond acceptors (Lipinski definition) is 5. The van der Waals surface area contributed by atoms with E-state index in [1.165, 1.54) is 6.42 Å². The second-order valence-electron chi connectivity index (χ2n) is 6.96. The number of nitrogens with zero attached hydrogens (tertiary/aromatic N) is 2. The van der Waals surface area contributed by atoms with Gasteiger partial charge in [0.2, 0.25) is 5.69 Å². The Hall–Kier alpha value is -2.21. The van der Waals surface area contributed by atoms with Gasteiger partial charge in [-0.25, -0.2) is 9.78 Å². The molecule has 2 unspecified atom stereocenters. The smallest absolute Gasteiger partial charge is 0.362 e. The van der Waals surface area contributed by atoms with Crippen LogP contribution in [0, 0.1) is 0 Å². The van der Waals surface area contributed by atoms with Crippen LogP contribution in [0.5, 0.6) is 0 Å². The average Bonchev–Trinajstić information content (AvgIpc) is 2.61. The normalized spacial score (nSPS) is 25.7. The zero-order chi connectivity index (χ0) is 17.4. The second-order valence-corrected chi connectivity index (χ2v) is 6.96. The first-order valence-electron chi connectivity index (χ1n) is 9.11. The average molecular weight is 341 g/mol. The van der Waals surface area contributed by atoms with Crippen molar-refractivity contribution in [2.24, 2.45) is 0 Å². The van der Waals surface area contributed by atoms with Gasteiger partial charge in [-0.15, -0.1) is 0 Å². The molecule has 132 valence electrons. The van der Waals surface area contributed by atoms with Gasteiger partial charge in [-0.2, -0.15) is 0 Å². The summed E-state index contributed by atoms with van der Waals surface area (Å²) in [4.78, 5) is 29.6. The molecule has 25 heavy (non-hydrogen) atoms. The van der Waals surface area contributed by atoms with Crippen LogP contribution >= 0.6 is 0 Å². The van der Waals surface area contributed by atoms with Crippen LogP contribution in [0.15, 0.2) is 29.1 Å². The van der Waals surface area contributed by atoms with Crippen LogP contribution in [0.3, 0.4) is 0 Å². The number of carbonyl (C=O) groups is 1. The van der Waals surface area contributed by atoms with Crippen molar-refractivity contribution in [3.8, 4) is 0 Å². The zero-order valence-electron chi connectivity index (χ0n) is 14.4. The van der Waals surface area contributed by atoms with E-state index < -0.39 is 5.97 Å². The standard InChI is InChI=1S/C19H23N3O3/c1-2-25-19(24)17-18(23)22(16-9-4-3-8-15(16)21-17)14-10-12-6-5-7-13(11-14)20-12/h3-4,8-9,12-14,20H,2,5-7,10-11H2,1H3. The van der Waals surface area contributed by atoms with Gasteiger partial charge in [-0.3, -0.25) is 4.79 Å². The van der Waals surface area contributed by atoms with Crippen molar-refractivity contribution in [2.75, 3.05) is 6.61 Å². The molecule has 6 heteroatoms. The molecule has 1 N–H and O–H groups in total. The Bertz CT molecular complexity index is 849. The summed E-state index contributed by atoms with van der Waals surface area (Å²) in [7, 11) is 0. The van der Waals surface area contributed by atoms with E-state index in [1.807, 2.05) is 24.3 Å². The lowest BCUT2D eigenvalue weighted by atomic mass is 9.84. The monoisotopic (exact) mass is 341 g/mol. The van der Waals surface area contributed by atoms with Gasteiger partial charge in [-0.1, -0.05) is 18.6 Å². The highest BCUT2D eigenvalue weighted by Crippen LogP contribution is 2.33. The summed E-state index contributed by atoms with van der Waals surface area (Å²) < 4.78 is 6.84. The number of ether oxygens (including phenoxy) is 1. The molecule has 1 aromatic carbocycles. The number of benzene rings is 1. The van der Waals surface area contributed by atoms with Gasteiger partial charge in [0, 0.05) is 18.1 Å². The predicted octanol–water partition coefficient (Wildman–Crippen LogP) is 2.42. The molecule has 1 aromatic heterocycles. The van der Waals surface area contributed by atoms with E-state index in [0.717, 1.165) is 31.2 Å². The lowest BCUT2D eigenvalue weighted by Gasteiger charge is -2.41. The first kappa shape index (κ1) is 16.3. The fourth-order valence-corrected chi connectivity index (χ4v) is 4.30. The van der Waals surface area contributed by atoms with Crippen molar-refractivity contribution in [2.45, 2.75) is 57.2 Å². The molecule has 3 heterocycles. The number of piperidine rings is 2. The van der Waals surface area contributed by atoms with Crippen molar-refractivity contribution in [1.82, 2.24) is 14.9 Å². The van der Waals surface area contributed by atoms with E-state index in [2.05, 4.69) is 10.3 Å². The quantitative estimate of drug-likeness (QED) is 0.868. The largest absolute Gasteiger partial charge is 0.461 e. The number of nitrogens with one attached hydrogen (secondary N) is 1. The van der Waals surface area contributed by atoms with E-state index in [9.17, 15) is 9.59 Å². The van der Waals surface area contributed by atoms with Gasteiger partial charge >= 0.3 is 5.97 Å². The van der Waals surface area contributed by atoms with E-state index >= 15 is 0 Å². The fraction of sp³-hybridized carbons (Fsp3) is 0.526. The van der Waals surface area contributed by atoms with E-state index in [0.29, 0.717) is 17.6 Å². The summed E-state index contributed by atoms with van der Waals surface area (Å²) in [6, 6.07) is 8.52. The van der Waals surface area contributed by atoms with Crippen LogP contribution in [-0.4, -0.2) is 34.2 Å². The van der Waals surface area contributed by atoms with Gasteiger partial charge in [0.15, 0.2) is 0 Å². The SMILES string of the molecule is CCOC(=O)c1nc2ccccc2n(C2CC3CCCC(C2)N3)c1=O. The summed E-state index contributed by atoms with van der Waals surface area (Å²) in [5.41, 5.74) is 1.02. The van der Waals surface area contributed by atoms with Crippen LogP contribution in [0.2, 0.25) is 0 Å². The highest BCUT2D eigenvalue weighted by atomic mass is 16.5. The molecule has 0 saturated carbocycles. The van der Waals surface area contributed by atoms with Crippen molar-refractivity contribution in [3.63, 3.8) is 0 Å². The highest BCUT2D eigenvalue weighted by Gasteiger charge is 2.34. The minimum absolute atomic E-state index is 0.0881. The summed E-state index contributed by atoms with van der Waals surface area (Å²) in [5, 5.41) is 3.66. The maximum Gasteiger partial charge on any atom is 0.362 e. The van der Waals surface area contributed by atoms with Gasteiger partial charge in [0.25, 0.3) is 5.56 Å². The van der Waals surface area contributed by atoms with E-state index in [4.69, 9.17) is 4.74 Å². The molecule has 2 saturated heterocycles. The Morgan fingerprint density at radius 2 is 2.00 bits per heavy atom. The summed E-state index contributed by atoms with van der Waals surface area (Å²) in [6.45, 7) is 1.95. The molecule has 0 spiro atoms. The van der Waals surface area contributed by atoms with Crippen LogP contribution in [0.4, 0.5) is 0 Å². The van der Waals surface area contributed by atoms with Gasteiger partial charge < -0.3 is 14.6 Å². The topological polar surface area (TPSA) is 73.2 Å². The number of rotatable bonds is 3. The Labute approximate surface area is 146 Å². The lowest BCUT2D eigenvalue weighted by Crippen LogP contribution is -2.50. The van der Waals surface area contributed by atoms with Gasteiger partial charge in [0.05, 0.1) is 17.6 Å². The van der Waals surface area contributed by atoms with E-state index in [-0.39, 0.29) is 23.9 Å². The third-order valence-corrected chi connectivity index (χ3v) is 5.32. The summed E-state index contributed by atoms with van der Waals surface area (Å²) in [5.74, 6) is -0.638. The number of para-hydroxylation sites is 2. The number of fused-ring (bicyclic) bond motifs is 3. The fourth-order valence-electron chi connectivity index (χ4n) is 4.30. The Balaban J connectivity index is 1.85. The first-order chi connectivity index (χ1) is 12.2. The number of esters is 1. The predicted molar refractivity (Wildman–Crippen MR) is 94.8 cm³/mol. The molecule has 0 aliphatic carbocycles. The Morgan fingerprint density at radius 1 is 1.28 bits per heavy atom. The molecule has 0 radical (unpaired) electrons. The molecule has 2 atom stereocenters. The molecule has 2 aliphatic heterocycles. The maximum absolute atomic E-state index is 13.1. The highest BCUT2D eigenvalue weighted by molar-refractivity contribution is 5.89. The van der Waals surface area contributed by atoms with Crippen LogP contribution in [0.25, 0.3) is 11.0 Å². The van der Waals surface area contributed by atoms with E-state index in [1.54, 1.807) is 11.5 Å². The molecule has 2 bridgehead atoms. The lowest BCUT2D eigenvalue weighted by molar-refractivity contribution is 0.0516. The third-order valence-electron chi connectivity index (χ3n) is 5.32. The molecular weight excluding hydrogens is 318 g/mol. The van der Waals surface area contributed by atoms with Crippen LogP contribution in [0.1, 0.15) is 55.6 Å². The third kappa shape index (κ3) is 2.95. The molecular formula is C19H23N3O3. The minimum atomic E-state index is -0.638. The molecule has 6 nitrogen and oxygen atoms in total. The number of carbonyl (C=O) groups excluding carboxylic acids is 1. The second kappa shape index (κ2) is 6.59. The summed E-state index contributed by atoms with van der Waals surface area (Å²) >= 11 is 0. The maximum atomic E-state index is 13.1. The molecule has 2 aliphatic rings. The Morgan fingerprint density at radius 3 is 2.72 bits per heavy atom. The molecule has 0 amide bonds. The van der Waals surface area contributed by atoms with Crippen molar-refractivity contribution in [1.29, 1.82) is 0 Å². The van der Waals surface area contributed by atoms with Crippen LogP contribution in [-0.2, 0) is 4.74 Å². The van der Waals surface area contributed by atoms with Gasteiger partial charge in [0.1, 0.15) is 0 Å². The zero-order valence-corrected chi connectivity index (χ0v) is 14.4. The number of aromatic nitrogens is 2. The minimum Gasteiger partial charge on any atom is -0.461 e. The summed E-state index contributed by atoms with van der Waals surface area (Å²) in [6.07, 6.45) is 5.36. The van der Waals surface area contributed by atoms with Crippen molar-refractivity contribution < 1.29 is 9.53 Å².